The molecule has 1 aliphatic rings. The van der Waals surface area contributed by atoms with Crippen LogP contribution in [0, 0.1) is 0 Å². The number of hydrogen-bond acceptors (Lipinski definition) is 3. The van der Waals surface area contributed by atoms with E-state index in [0.29, 0.717) is 6.61 Å². The molecule has 0 bridgehead atoms. The van der Waals surface area contributed by atoms with Crippen LogP contribution in [0.2, 0.25) is 0 Å². The van der Waals surface area contributed by atoms with Crippen molar-refractivity contribution in [2.45, 2.75) is 31.2 Å². The second-order valence-electron chi connectivity index (χ2n) is 5.09. The SMILES string of the molecule is CC(Cl)c1nc2cnccc2n1C1(C)CCOC1. The quantitative estimate of drug-likeness (QED) is 0.784. The van der Waals surface area contributed by atoms with Crippen molar-refractivity contribution in [1.29, 1.82) is 0 Å². The summed E-state index contributed by atoms with van der Waals surface area (Å²) in [5.41, 5.74) is 1.92. The molecule has 1 fully saturated rings. The van der Waals surface area contributed by atoms with E-state index in [0.717, 1.165) is 29.9 Å². The van der Waals surface area contributed by atoms with E-state index in [1.165, 1.54) is 0 Å². The number of aromatic nitrogens is 3. The number of ether oxygens (including phenoxy) is 1. The highest BCUT2D eigenvalue weighted by atomic mass is 35.5. The highest BCUT2D eigenvalue weighted by molar-refractivity contribution is 6.20. The van der Waals surface area contributed by atoms with E-state index in [9.17, 15) is 0 Å². The lowest BCUT2D eigenvalue weighted by Gasteiger charge is -2.27. The lowest BCUT2D eigenvalue weighted by molar-refractivity contribution is 0.162. The van der Waals surface area contributed by atoms with Crippen molar-refractivity contribution in [3.8, 4) is 0 Å². The monoisotopic (exact) mass is 265 g/mol. The molecule has 5 heteroatoms. The topological polar surface area (TPSA) is 39.9 Å². The van der Waals surface area contributed by atoms with Gasteiger partial charge in [0.05, 0.1) is 29.2 Å². The Morgan fingerprint density at radius 3 is 3.06 bits per heavy atom. The summed E-state index contributed by atoms with van der Waals surface area (Å²) in [7, 11) is 0. The van der Waals surface area contributed by atoms with Crippen molar-refractivity contribution in [3.05, 3.63) is 24.3 Å². The van der Waals surface area contributed by atoms with Gasteiger partial charge >= 0.3 is 0 Å². The van der Waals surface area contributed by atoms with Crippen molar-refractivity contribution in [1.82, 2.24) is 14.5 Å². The number of hydrogen-bond donors (Lipinski definition) is 0. The molecule has 96 valence electrons. The van der Waals surface area contributed by atoms with Gasteiger partial charge in [-0.3, -0.25) is 4.98 Å². The van der Waals surface area contributed by atoms with Crippen molar-refractivity contribution in [2.75, 3.05) is 13.2 Å². The van der Waals surface area contributed by atoms with Gasteiger partial charge < -0.3 is 9.30 Å². The highest BCUT2D eigenvalue weighted by Gasteiger charge is 2.35. The van der Waals surface area contributed by atoms with Crippen LogP contribution in [0.1, 0.15) is 31.5 Å². The third kappa shape index (κ3) is 1.71. The second kappa shape index (κ2) is 4.21. The average Bonchev–Trinajstić information content (AvgIpc) is 2.93. The van der Waals surface area contributed by atoms with Gasteiger partial charge in [0.1, 0.15) is 11.3 Å². The molecule has 3 heterocycles. The molecule has 0 radical (unpaired) electrons. The van der Waals surface area contributed by atoms with Gasteiger partial charge in [-0.2, -0.15) is 0 Å². The van der Waals surface area contributed by atoms with Gasteiger partial charge in [-0.05, 0) is 26.3 Å². The molecular weight excluding hydrogens is 250 g/mol. The van der Waals surface area contributed by atoms with Gasteiger partial charge in [0, 0.05) is 12.8 Å². The van der Waals surface area contributed by atoms with Crippen LogP contribution < -0.4 is 0 Å². The summed E-state index contributed by atoms with van der Waals surface area (Å²) in [4.78, 5) is 8.74. The van der Waals surface area contributed by atoms with Gasteiger partial charge in [0.2, 0.25) is 0 Å². The fraction of sp³-hybridized carbons (Fsp3) is 0.538. The number of rotatable bonds is 2. The molecule has 0 spiro atoms. The Bertz CT molecular complexity index is 573. The number of pyridine rings is 1. The van der Waals surface area contributed by atoms with Crippen LogP contribution in [0.4, 0.5) is 0 Å². The molecular formula is C13H16ClN3O. The Labute approximate surface area is 111 Å². The van der Waals surface area contributed by atoms with Crippen LogP contribution in [-0.4, -0.2) is 27.7 Å². The molecule has 1 saturated heterocycles. The Hall–Kier alpha value is -1.13. The Balaban J connectivity index is 2.27. The van der Waals surface area contributed by atoms with E-state index in [2.05, 4.69) is 21.5 Å². The third-order valence-corrected chi connectivity index (χ3v) is 3.77. The van der Waals surface area contributed by atoms with Crippen LogP contribution in [-0.2, 0) is 10.3 Å². The third-order valence-electron chi connectivity index (χ3n) is 3.58. The predicted octanol–water partition coefficient (Wildman–Crippen LogP) is 2.87. The van der Waals surface area contributed by atoms with Gasteiger partial charge in [-0.15, -0.1) is 11.6 Å². The van der Waals surface area contributed by atoms with E-state index >= 15 is 0 Å². The maximum absolute atomic E-state index is 6.28. The zero-order valence-corrected chi connectivity index (χ0v) is 11.3. The number of imidazole rings is 1. The average molecular weight is 266 g/mol. The van der Waals surface area contributed by atoms with Gasteiger partial charge in [0.15, 0.2) is 0 Å². The van der Waals surface area contributed by atoms with Crippen LogP contribution in [0.25, 0.3) is 11.0 Å². The molecule has 2 aromatic heterocycles. The minimum absolute atomic E-state index is 0.0609. The fourth-order valence-corrected chi connectivity index (χ4v) is 2.76. The van der Waals surface area contributed by atoms with E-state index in [-0.39, 0.29) is 10.9 Å². The summed E-state index contributed by atoms with van der Waals surface area (Å²) in [6.45, 7) is 5.64. The molecule has 0 N–H and O–H groups in total. The molecule has 0 aromatic carbocycles. The van der Waals surface area contributed by atoms with Crippen LogP contribution >= 0.6 is 11.6 Å². The normalized spacial score (nSPS) is 25.7. The van der Waals surface area contributed by atoms with Crippen molar-refractivity contribution in [2.24, 2.45) is 0 Å². The smallest absolute Gasteiger partial charge is 0.128 e. The minimum atomic E-state index is -0.130. The molecule has 2 aromatic rings. The zero-order chi connectivity index (χ0) is 12.8. The number of halogens is 1. The molecule has 0 amide bonds. The van der Waals surface area contributed by atoms with Gasteiger partial charge in [-0.25, -0.2) is 4.98 Å². The van der Waals surface area contributed by atoms with E-state index in [4.69, 9.17) is 16.3 Å². The molecule has 0 aliphatic carbocycles. The maximum atomic E-state index is 6.28. The second-order valence-corrected chi connectivity index (χ2v) is 5.74. The van der Waals surface area contributed by atoms with Gasteiger partial charge in [0.25, 0.3) is 0 Å². The van der Waals surface area contributed by atoms with Crippen LogP contribution in [0.3, 0.4) is 0 Å². The first-order valence-corrected chi connectivity index (χ1v) is 6.60. The first kappa shape index (κ1) is 11.9. The molecule has 2 atom stereocenters. The molecule has 2 unspecified atom stereocenters. The van der Waals surface area contributed by atoms with Crippen molar-refractivity contribution in [3.63, 3.8) is 0 Å². The molecule has 3 rings (SSSR count). The summed E-state index contributed by atoms with van der Waals surface area (Å²) in [6.07, 6.45) is 4.56. The lowest BCUT2D eigenvalue weighted by Crippen LogP contribution is -2.32. The Morgan fingerprint density at radius 2 is 2.39 bits per heavy atom. The lowest BCUT2D eigenvalue weighted by atomic mass is 10.0. The highest BCUT2D eigenvalue weighted by Crippen LogP contribution is 2.35. The molecule has 4 nitrogen and oxygen atoms in total. The number of nitrogens with zero attached hydrogens (tertiary/aromatic N) is 3. The standard InChI is InChI=1S/C13H16ClN3O/c1-9(14)12-16-10-7-15-5-3-11(10)17(12)13(2)4-6-18-8-13/h3,5,7,9H,4,6,8H2,1-2H3. The summed E-state index contributed by atoms with van der Waals surface area (Å²) >= 11 is 6.28. The van der Waals surface area contributed by atoms with Gasteiger partial charge in [-0.1, -0.05) is 0 Å². The van der Waals surface area contributed by atoms with E-state index < -0.39 is 0 Å². The summed E-state index contributed by atoms with van der Waals surface area (Å²) < 4.78 is 7.79. The molecule has 0 saturated carbocycles. The van der Waals surface area contributed by atoms with E-state index in [1.807, 2.05) is 13.0 Å². The minimum Gasteiger partial charge on any atom is -0.379 e. The van der Waals surface area contributed by atoms with Crippen LogP contribution in [0.15, 0.2) is 18.5 Å². The van der Waals surface area contributed by atoms with Crippen molar-refractivity contribution < 1.29 is 4.74 Å². The first-order chi connectivity index (χ1) is 8.62. The molecule has 18 heavy (non-hydrogen) atoms. The fourth-order valence-electron chi connectivity index (χ4n) is 2.62. The summed E-state index contributed by atoms with van der Waals surface area (Å²) in [5.74, 6) is 0.896. The Kier molecular flexibility index (Phi) is 2.79. The molecule has 1 aliphatic heterocycles. The maximum Gasteiger partial charge on any atom is 0.128 e. The Morgan fingerprint density at radius 1 is 1.56 bits per heavy atom. The predicted molar refractivity (Wildman–Crippen MR) is 70.9 cm³/mol. The number of alkyl halides is 1. The largest absolute Gasteiger partial charge is 0.379 e. The summed E-state index contributed by atoms with van der Waals surface area (Å²) in [5, 5.41) is -0.130. The zero-order valence-electron chi connectivity index (χ0n) is 10.6. The number of fused-ring (bicyclic) bond motifs is 1. The summed E-state index contributed by atoms with van der Waals surface area (Å²) in [6, 6.07) is 1.99. The first-order valence-electron chi connectivity index (χ1n) is 6.16. The van der Waals surface area contributed by atoms with Crippen molar-refractivity contribution >= 4 is 22.6 Å². The van der Waals surface area contributed by atoms with E-state index in [1.54, 1.807) is 12.4 Å². The van der Waals surface area contributed by atoms with Crippen LogP contribution in [0.5, 0.6) is 0 Å².